The first-order chi connectivity index (χ1) is 6.77. The maximum absolute atomic E-state index is 11.5. The van der Waals surface area contributed by atoms with Crippen molar-refractivity contribution in [3.63, 3.8) is 0 Å². The normalized spacial score (nSPS) is 21.8. The van der Waals surface area contributed by atoms with E-state index in [2.05, 4.69) is 10.6 Å². The molecule has 1 atom stereocenters. The number of benzene rings is 1. The van der Waals surface area contributed by atoms with Crippen molar-refractivity contribution in [2.24, 2.45) is 0 Å². The molecule has 2 N–H and O–H groups in total. The minimum absolute atomic E-state index is 0.0712. The third-order valence-electron chi connectivity index (χ3n) is 2.41. The van der Waals surface area contributed by atoms with Gasteiger partial charge in [0.2, 0.25) is 5.91 Å². The summed E-state index contributed by atoms with van der Waals surface area (Å²) < 4.78 is 0. The van der Waals surface area contributed by atoms with Crippen LogP contribution < -0.4 is 10.6 Å². The second-order valence-corrected chi connectivity index (χ2v) is 3.59. The number of amides is 1. The number of nitrogens with one attached hydrogen (secondary N) is 2. The van der Waals surface area contributed by atoms with Crippen molar-refractivity contribution in [3.8, 4) is 0 Å². The Morgan fingerprint density at radius 2 is 2.21 bits per heavy atom. The van der Waals surface area contributed by atoms with Gasteiger partial charge in [0.25, 0.3) is 0 Å². The van der Waals surface area contributed by atoms with E-state index in [-0.39, 0.29) is 11.9 Å². The van der Waals surface area contributed by atoms with Crippen LogP contribution >= 0.6 is 0 Å². The molecule has 0 saturated carbocycles. The van der Waals surface area contributed by atoms with Gasteiger partial charge in [0.1, 0.15) is 6.04 Å². The predicted octanol–water partition coefficient (Wildman–Crippen LogP) is 0.756. The molecule has 2 rings (SSSR count). The maximum atomic E-state index is 11.5. The number of hydrogen-bond acceptors (Lipinski definition) is 2. The molecule has 1 amide bonds. The van der Waals surface area contributed by atoms with Gasteiger partial charge < -0.3 is 10.6 Å². The van der Waals surface area contributed by atoms with Crippen molar-refractivity contribution in [2.45, 2.75) is 13.0 Å². The Labute approximate surface area is 83.5 Å². The summed E-state index contributed by atoms with van der Waals surface area (Å²) in [7, 11) is 0. The second kappa shape index (κ2) is 3.80. The van der Waals surface area contributed by atoms with Gasteiger partial charge in [-0.1, -0.05) is 29.8 Å². The zero-order valence-corrected chi connectivity index (χ0v) is 8.21. The molecule has 0 spiro atoms. The highest BCUT2D eigenvalue weighted by Gasteiger charge is 2.22. The molecule has 1 unspecified atom stereocenters. The zero-order valence-electron chi connectivity index (χ0n) is 8.21. The van der Waals surface area contributed by atoms with E-state index in [0.29, 0.717) is 0 Å². The fourth-order valence-electron chi connectivity index (χ4n) is 1.72. The average molecular weight is 190 g/mol. The molecule has 0 radical (unpaired) electrons. The van der Waals surface area contributed by atoms with Crippen molar-refractivity contribution in [1.82, 2.24) is 10.6 Å². The standard InChI is InChI=1S/C11H14N2O/c1-8-3-2-4-9(7-8)10-11(14)13-6-5-12-10/h2-4,7,10,12H,5-6H2,1H3,(H,13,14). The van der Waals surface area contributed by atoms with Gasteiger partial charge in [0.15, 0.2) is 0 Å². The molecular weight excluding hydrogens is 176 g/mol. The minimum atomic E-state index is -0.177. The van der Waals surface area contributed by atoms with Crippen LogP contribution in [0.4, 0.5) is 0 Å². The van der Waals surface area contributed by atoms with Gasteiger partial charge in [-0.05, 0) is 12.5 Å². The Morgan fingerprint density at radius 1 is 1.36 bits per heavy atom. The summed E-state index contributed by atoms with van der Waals surface area (Å²) in [5.41, 5.74) is 2.23. The molecule has 0 aliphatic carbocycles. The largest absolute Gasteiger partial charge is 0.353 e. The lowest BCUT2D eigenvalue weighted by Crippen LogP contribution is -2.47. The molecule has 1 aromatic rings. The summed E-state index contributed by atoms with van der Waals surface area (Å²) >= 11 is 0. The van der Waals surface area contributed by atoms with Gasteiger partial charge in [-0.3, -0.25) is 4.79 Å². The first-order valence-electron chi connectivity index (χ1n) is 4.85. The molecule has 1 fully saturated rings. The van der Waals surface area contributed by atoms with E-state index in [9.17, 15) is 4.79 Å². The van der Waals surface area contributed by atoms with Crippen LogP contribution in [0.5, 0.6) is 0 Å². The Balaban J connectivity index is 2.24. The third kappa shape index (κ3) is 1.77. The summed E-state index contributed by atoms with van der Waals surface area (Å²) in [5.74, 6) is 0.0712. The number of piperazine rings is 1. The van der Waals surface area contributed by atoms with Gasteiger partial charge in [-0.2, -0.15) is 0 Å². The van der Waals surface area contributed by atoms with Crippen molar-refractivity contribution in [3.05, 3.63) is 35.4 Å². The first-order valence-corrected chi connectivity index (χ1v) is 4.85. The van der Waals surface area contributed by atoms with Gasteiger partial charge in [0, 0.05) is 13.1 Å². The molecular formula is C11H14N2O. The summed E-state index contributed by atoms with van der Waals surface area (Å²) in [6.45, 7) is 3.59. The maximum Gasteiger partial charge on any atom is 0.241 e. The van der Waals surface area contributed by atoms with E-state index in [1.807, 2.05) is 31.2 Å². The monoisotopic (exact) mass is 190 g/mol. The highest BCUT2D eigenvalue weighted by Crippen LogP contribution is 2.15. The van der Waals surface area contributed by atoms with Gasteiger partial charge >= 0.3 is 0 Å². The summed E-state index contributed by atoms with van der Waals surface area (Å²) in [4.78, 5) is 11.5. The Kier molecular flexibility index (Phi) is 2.50. The van der Waals surface area contributed by atoms with Crippen molar-refractivity contribution < 1.29 is 4.79 Å². The molecule has 1 saturated heterocycles. The molecule has 3 heteroatoms. The van der Waals surface area contributed by atoms with Crippen LogP contribution in [0, 0.1) is 6.92 Å². The van der Waals surface area contributed by atoms with Crippen LogP contribution in [0.1, 0.15) is 17.2 Å². The second-order valence-electron chi connectivity index (χ2n) is 3.59. The fraction of sp³-hybridized carbons (Fsp3) is 0.364. The number of aryl methyl sites for hydroxylation is 1. The number of carbonyl (C=O) groups excluding carboxylic acids is 1. The van der Waals surface area contributed by atoms with Gasteiger partial charge in [-0.25, -0.2) is 0 Å². The van der Waals surface area contributed by atoms with E-state index in [0.717, 1.165) is 18.7 Å². The van der Waals surface area contributed by atoms with Crippen molar-refractivity contribution in [1.29, 1.82) is 0 Å². The predicted molar refractivity (Wildman–Crippen MR) is 54.9 cm³/mol. The van der Waals surface area contributed by atoms with Gasteiger partial charge in [0.05, 0.1) is 0 Å². The molecule has 1 heterocycles. The number of rotatable bonds is 1. The third-order valence-corrected chi connectivity index (χ3v) is 2.41. The highest BCUT2D eigenvalue weighted by molar-refractivity contribution is 5.83. The molecule has 14 heavy (non-hydrogen) atoms. The van der Waals surface area contributed by atoms with E-state index in [4.69, 9.17) is 0 Å². The van der Waals surface area contributed by atoms with Gasteiger partial charge in [-0.15, -0.1) is 0 Å². The molecule has 1 aliphatic heterocycles. The lowest BCUT2D eigenvalue weighted by Gasteiger charge is -2.23. The lowest BCUT2D eigenvalue weighted by atomic mass is 10.0. The smallest absolute Gasteiger partial charge is 0.241 e. The van der Waals surface area contributed by atoms with Crippen LogP contribution in [0.25, 0.3) is 0 Å². The van der Waals surface area contributed by atoms with Crippen LogP contribution in [0.3, 0.4) is 0 Å². The average Bonchev–Trinajstić information content (AvgIpc) is 2.18. The quantitative estimate of drug-likeness (QED) is 0.686. The highest BCUT2D eigenvalue weighted by atomic mass is 16.2. The molecule has 0 aromatic heterocycles. The van der Waals surface area contributed by atoms with Crippen LogP contribution in [0.15, 0.2) is 24.3 Å². The number of hydrogen-bond donors (Lipinski definition) is 2. The van der Waals surface area contributed by atoms with Crippen molar-refractivity contribution >= 4 is 5.91 Å². The SMILES string of the molecule is Cc1cccc(C2NCCNC2=O)c1. The minimum Gasteiger partial charge on any atom is -0.353 e. The van der Waals surface area contributed by atoms with E-state index in [1.165, 1.54) is 5.56 Å². The van der Waals surface area contributed by atoms with E-state index in [1.54, 1.807) is 0 Å². The Morgan fingerprint density at radius 3 is 2.93 bits per heavy atom. The van der Waals surface area contributed by atoms with Crippen LogP contribution in [0.2, 0.25) is 0 Å². The summed E-state index contributed by atoms with van der Waals surface area (Å²) in [5, 5.41) is 6.05. The number of carbonyl (C=O) groups is 1. The molecule has 74 valence electrons. The summed E-state index contributed by atoms with van der Waals surface area (Å²) in [6, 6.07) is 7.86. The van der Waals surface area contributed by atoms with E-state index < -0.39 is 0 Å². The van der Waals surface area contributed by atoms with Crippen molar-refractivity contribution in [2.75, 3.05) is 13.1 Å². The first kappa shape index (κ1) is 9.21. The van der Waals surface area contributed by atoms with Crippen LogP contribution in [-0.2, 0) is 4.79 Å². The topological polar surface area (TPSA) is 41.1 Å². The molecule has 1 aliphatic rings. The zero-order chi connectivity index (χ0) is 9.97. The lowest BCUT2D eigenvalue weighted by molar-refractivity contribution is -0.124. The Bertz CT molecular complexity index is 349. The Hall–Kier alpha value is -1.35. The van der Waals surface area contributed by atoms with Crippen LogP contribution in [-0.4, -0.2) is 19.0 Å². The molecule has 0 bridgehead atoms. The summed E-state index contributed by atoms with van der Waals surface area (Å²) in [6.07, 6.45) is 0. The fourth-order valence-corrected chi connectivity index (χ4v) is 1.72. The van der Waals surface area contributed by atoms with E-state index >= 15 is 0 Å². The molecule has 1 aromatic carbocycles. The molecule has 3 nitrogen and oxygen atoms in total.